The van der Waals surface area contributed by atoms with Crippen molar-refractivity contribution in [3.63, 3.8) is 0 Å². The summed E-state index contributed by atoms with van der Waals surface area (Å²) < 4.78 is 39.4. The van der Waals surface area contributed by atoms with E-state index in [0.29, 0.717) is 28.4 Å². The highest BCUT2D eigenvalue weighted by Gasteiger charge is 2.21. The highest BCUT2D eigenvalue weighted by molar-refractivity contribution is 7.92. The lowest BCUT2D eigenvalue weighted by Gasteiger charge is -2.14. The van der Waals surface area contributed by atoms with Crippen LogP contribution in [0.25, 0.3) is 0 Å². The van der Waals surface area contributed by atoms with Gasteiger partial charge in [0.05, 0.1) is 10.6 Å². The molecule has 0 fully saturated rings. The predicted molar refractivity (Wildman–Crippen MR) is 118 cm³/mol. The quantitative estimate of drug-likeness (QED) is 0.616. The van der Waals surface area contributed by atoms with Gasteiger partial charge < -0.3 is 14.8 Å². The van der Waals surface area contributed by atoms with Crippen LogP contribution in [0.5, 0.6) is 11.5 Å². The molecule has 0 saturated heterocycles. The number of benzene rings is 3. The molecule has 3 aromatic carbocycles. The predicted octanol–water partition coefficient (Wildman–Crippen LogP) is 4.39. The fourth-order valence-corrected chi connectivity index (χ4v) is 4.65. The molecule has 4 rings (SSSR count). The molecule has 1 amide bonds. The summed E-state index contributed by atoms with van der Waals surface area (Å²) in [4.78, 5) is 12.8. The molecular formula is C23H22N2O5S. The Hall–Kier alpha value is -3.52. The maximum atomic E-state index is 13.1. The van der Waals surface area contributed by atoms with Crippen LogP contribution in [0.1, 0.15) is 27.0 Å². The molecule has 1 heterocycles. The van der Waals surface area contributed by atoms with Gasteiger partial charge in [-0.05, 0) is 67.8 Å². The lowest BCUT2D eigenvalue weighted by atomic mass is 10.1. The third kappa shape index (κ3) is 4.34. The second kappa shape index (κ2) is 7.96. The van der Waals surface area contributed by atoms with Crippen LogP contribution in [0.4, 0.5) is 11.4 Å². The summed E-state index contributed by atoms with van der Waals surface area (Å²) in [5, 5.41) is 2.76. The molecule has 0 unspecified atom stereocenters. The van der Waals surface area contributed by atoms with Crippen LogP contribution < -0.4 is 19.5 Å². The molecule has 1 aliphatic heterocycles. The average molecular weight is 439 g/mol. The van der Waals surface area contributed by atoms with Crippen LogP contribution in [0.15, 0.2) is 59.5 Å². The van der Waals surface area contributed by atoms with Gasteiger partial charge in [0.2, 0.25) is 6.79 Å². The van der Waals surface area contributed by atoms with Gasteiger partial charge in [0.25, 0.3) is 15.9 Å². The third-order valence-corrected chi connectivity index (χ3v) is 6.52. The van der Waals surface area contributed by atoms with E-state index in [2.05, 4.69) is 10.0 Å². The number of fused-ring (bicyclic) bond motifs is 1. The van der Waals surface area contributed by atoms with Gasteiger partial charge in [0.1, 0.15) is 0 Å². The van der Waals surface area contributed by atoms with Gasteiger partial charge in [-0.1, -0.05) is 18.2 Å². The SMILES string of the molecule is Cc1ccc(C)c(NS(=O)(=O)c2cc(C(=O)Nc3ccc4c(c3)OCO4)ccc2C)c1. The summed E-state index contributed by atoms with van der Waals surface area (Å²) in [7, 11) is -3.89. The number of rotatable bonds is 5. The summed E-state index contributed by atoms with van der Waals surface area (Å²) in [5.41, 5.74) is 3.55. The van der Waals surface area contributed by atoms with Crippen molar-refractivity contribution in [3.05, 3.63) is 76.9 Å². The van der Waals surface area contributed by atoms with E-state index in [4.69, 9.17) is 9.47 Å². The number of carbonyl (C=O) groups excluding carboxylic acids is 1. The summed E-state index contributed by atoms with van der Waals surface area (Å²) >= 11 is 0. The van der Waals surface area contributed by atoms with Gasteiger partial charge in [-0.2, -0.15) is 0 Å². The van der Waals surface area contributed by atoms with Crippen LogP contribution in [-0.4, -0.2) is 21.1 Å². The second-order valence-electron chi connectivity index (χ2n) is 7.43. The van der Waals surface area contributed by atoms with E-state index in [1.807, 2.05) is 26.0 Å². The molecule has 1 aliphatic rings. The van der Waals surface area contributed by atoms with Crippen molar-refractivity contribution >= 4 is 27.3 Å². The van der Waals surface area contributed by atoms with E-state index in [1.165, 1.54) is 6.07 Å². The van der Waals surface area contributed by atoms with Crippen molar-refractivity contribution in [2.24, 2.45) is 0 Å². The van der Waals surface area contributed by atoms with Gasteiger partial charge in [0, 0.05) is 17.3 Å². The van der Waals surface area contributed by atoms with Crippen LogP contribution in [-0.2, 0) is 10.0 Å². The largest absolute Gasteiger partial charge is 0.454 e. The van der Waals surface area contributed by atoms with Crippen molar-refractivity contribution < 1.29 is 22.7 Å². The number of ether oxygens (including phenoxy) is 2. The lowest BCUT2D eigenvalue weighted by Crippen LogP contribution is -2.17. The average Bonchev–Trinajstić information content (AvgIpc) is 3.18. The van der Waals surface area contributed by atoms with Crippen LogP contribution >= 0.6 is 0 Å². The molecule has 2 N–H and O–H groups in total. The zero-order valence-corrected chi connectivity index (χ0v) is 18.2. The fourth-order valence-electron chi connectivity index (χ4n) is 3.25. The molecule has 0 aliphatic carbocycles. The Kier molecular flexibility index (Phi) is 5.32. The molecule has 0 atom stereocenters. The minimum atomic E-state index is -3.89. The number of sulfonamides is 1. The molecule has 0 bridgehead atoms. The molecular weight excluding hydrogens is 416 g/mol. The first-order valence-corrected chi connectivity index (χ1v) is 11.1. The van der Waals surface area contributed by atoms with Crippen molar-refractivity contribution in [1.29, 1.82) is 0 Å². The fraction of sp³-hybridized carbons (Fsp3) is 0.174. The van der Waals surface area contributed by atoms with E-state index in [9.17, 15) is 13.2 Å². The Morgan fingerprint density at radius 3 is 2.42 bits per heavy atom. The zero-order chi connectivity index (χ0) is 22.2. The number of hydrogen-bond donors (Lipinski definition) is 2. The molecule has 0 aromatic heterocycles. The molecule has 160 valence electrons. The van der Waals surface area contributed by atoms with E-state index in [-0.39, 0.29) is 17.3 Å². The first kappa shape index (κ1) is 20.7. The first-order valence-electron chi connectivity index (χ1n) is 9.65. The summed E-state index contributed by atoms with van der Waals surface area (Å²) in [6, 6.07) is 15.2. The molecule has 7 nitrogen and oxygen atoms in total. The van der Waals surface area contributed by atoms with Crippen LogP contribution in [0, 0.1) is 20.8 Å². The van der Waals surface area contributed by atoms with Crippen molar-refractivity contribution in [3.8, 4) is 11.5 Å². The number of nitrogens with one attached hydrogen (secondary N) is 2. The Balaban J connectivity index is 1.60. The lowest BCUT2D eigenvalue weighted by molar-refractivity contribution is 0.102. The van der Waals surface area contributed by atoms with E-state index < -0.39 is 15.9 Å². The van der Waals surface area contributed by atoms with Gasteiger partial charge in [-0.25, -0.2) is 8.42 Å². The molecule has 0 saturated carbocycles. The first-order chi connectivity index (χ1) is 14.7. The van der Waals surface area contributed by atoms with Crippen molar-refractivity contribution in [2.75, 3.05) is 16.8 Å². The minimum Gasteiger partial charge on any atom is -0.454 e. The summed E-state index contributed by atoms with van der Waals surface area (Å²) in [5.74, 6) is 0.726. The highest BCUT2D eigenvalue weighted by Crippen LogP contribution is 2.34. The molecule has 0 spiro atoms. The normalized spacial score (nSPS) is 12.5. The van der Waals surface area contributed by atoms with Crippen LogP contribution in [0.3, 0.4) is 0 Å². The summed E-state index contributed by atoms with van der Waals surface area (Å²) in [6.07, 6.45) is 0. The van der Waals surface area contributed by atoms with Crippen molar-refractivity contribution in [1.82, 2.24) is 0 Å². The zero-order valence-electron chi connectivity index (χ0n) is 17.4. The Morgan fingerprint density at radius 2 is 1.61 bits per heavy atom. The maximum Gasteiger partial charge on any atom is 0.262 e. The van der Waals surface area contributed by atoms with Gasteiger partial charge in [0.15, 0.2) is 11.5 Å². The number of aryl methyl sites for hydroxylation is 3. The Morgan fingerprint density at radius 1 is 0.871 bits per heavy atom. The van der Waals surface area contributed by atoms with Gasteiger partial charge in [-0.3, -0.25) is 9.52 Å². The van der Waals surface area contributed by atoms with E-state index in [1.54, 1.807) is 43.3 Å². The maximum absolute atomic E-state index is 13.1. The van der Waals surface area contributed by atoms with Gasteiger partial charge in [-0.15, -0.1) is 0 Å². The van der Waals surface area contributed by atoms with Gasteiger partial charge >= 0.3 is 0 Å². The number of amides is 1. The molecule has 8 heteroatoms. The smallest absolute Gasteiger partial charge is 0.262 e. The highest BCUT2D eigenvalue weighted by atomic mass is 32.2. The topological polar surface area (TPSA) is 93.7 Å². The van der Waals surface area contributed by atoms with Crippen LogP contribution in [0.2, 0.25) is 0 Å². The molecule has 0 radical (unpaired) electrons. The molecule has 3 aromatic rings. The monoisotopic (exact) mass is 438 g/mol. The van der Waals surface area contributed by atoms with E-state index >= 15 is 0 Å². The molecule has 31 heavy (non-hydrogen) atoms. The number of carbonyl (C=O) groups is 1. The number of hydrogen-bond acceptors (Lipinski definition) is 5. The van der Waals surface area contributed by atoms with Crippen molar-refractivity contribution in [2.45, 2.75) is 25.7 Å². The number of anilines is 2. The minimum absolute atomic E-state index is 0.0479. The third-order valence-electron chi connectivity index (χ3n) is 5.01. The van der Waals surface area contributed by atoms with E-state index in [0.717, 1.165) is 11.1 Å². The standard InChI is InChI=1S/C23H22N2O5S/c1-14-4-5-15(2)19(10-14)25-31(27,28)22-11-17(7-6-16(22)3)23(26)24-18-8-9-20-21(12-18)30-13-29-20/h4-12,25H,13H2,1-3H3,(H,24,26). The Bertz CT molecular complexity index is 1290. The summed E-state index contributed by atoms with van der Waals surface area (Å²) in [6.45, 7) is 5.56. The second-order valence-corrected chi connectivity index (χ2v) is 9.08. The Labute approximate surface area is 181 Å².